The number of benzene rings is 2. The molecule has 0 saturated heterocycles. The minimum Gasteiger partial charge on any atom is -0.293 e. The SMILES string of the molecule is Cc1ccnc(-n2c(SCC(=O)c3ccc(Cl)cc3)nc3ccccc3c2=O)c1. The number of para-hydroxylation sites is 1. The maximum atomic E-state index is 13.2. The molecule has 0 fully saturated rings. The van der Waals surface area contributed by atoms with Crippen LogP contribution in [-0.2, 0) is 0 Å². The van der Waals surface area contributed by atoms with Crippen molar-refractivity contribution in [2.45, 2.75) is 12.1 Å². The number of carbonyl (C=O) groups is 1. The van der Waals surface area contributed by atoms with Gasteiger partial charge < -0.3 is 0 Å². The summed E-state index contributed by atoms with van der Waals surface area (Å²) in [7, 11) is 0. The van der Waals surface area contributed by atoms with Crippen molar-refractivity contribution in [3.05, 3.63) is 93.4 Å². The van der Waals surface area contributed by atoms with Crippen LogP contribution in [0.2, 0.25) is 5.02 Å². The molecular formula is C22H16ClN3O2S. The first-order valence-electron chi connectivity index (χ1n) is 8.89. The lowest BCUT2D eigenvalue weighted by Gasteiger charge is -2.12. The number of halogens is 1. The number of thioether (sulfide) groups is 1. The fourth-order valence-electron chi connectivity index (χ4n) is 2.90. The lowest BCUT2D eigenvalue weighted by atomic mass is 10.1. The molecule has 0 saturated carbocycles. The van der Waals surface area contributed by atoms with E-state index in [1.165, 1.54) is 16.3 Å². The second-order valence-electron chi connectivity index (χ2n) is 6.46. The number of hydrogen-bond acceptors (Lipinski definition) is 5. The summed E-state index contributed by atoms with van der Waals surface area (Å²) < 4.78 is 1.47. The molecule has 0 atom stereocenters. The Bertz CT molecular complexity index is 1270. The summed E-state index contributed by atoms with van der Waals surface area (Å²) in [5.74, 6) is 0.547. The molecule has 144 valence electrons. The van der Waals surface area contributed by atoms with E-state index in [-0.39, 0.29) is 17.1 Å². The average molecular weight is 422 g/mol. The van der Waals surface area contributed by atoms with Gasteiger partial charge in [0.05, 0.1) is 16.7 Å². The standard InChI is InChI=1S/C22H16ClN3O2S/c1-14-10-11-24-20(12-14)26-21(28)17-4-2-3-5-18(17)25-22(26)29-13-19(27)15-6-8-16(23)9-7-15/h2-12H,13H2,1H3. The molecule has 0 amide bonds. The molecule has 0 unspecified atom stereocenters. The van der Waals surface area contributed by atoms with Gasteiger partial charge in [-0.1, -0.05) is 35.5 Å². The highest BCUT2D eigenvalue weighted by atomic mass is 35.5. The quantitative estimate of drug-likeness (QED) is 0.265. The molecule has 7 heteroatoms. The first kappa shape index (κ1) is 19.4. The van der Waals surface area contributed by atoms with Crippen molar-refractivity contribution in [1.82, 2.24) is 14.5 Å². The van der Waals surface area contributed by atoms with Gasteiger partial charge in [0.25, 0.3) is 5.56 Å². The van der Waals surface area contributed by atoms with Crippen molar-refractivity contribution < 1.29 is 4.79 Å². The van der Waals surface area contributed by atoms with E-state index in [9.17, 15) is 9.59 Å². The molecular weight excluding hydrogens is 406 g/mol. The predicted octanol–water partition coefficient (Wildman–Crippen LogP) is 4.72. The summed E-state index contributed by atoms with van der Waals surface area (Å²) in [5.41, 5.74) is 1.91. The van der Waals surface area contributed by atoms with E-state index < -0.39 is 0 Å². The first-order valence-corrected chi connectivity index (χ1v) is 10.3. The fraction of sp³-hybridized carbons (Fsp3) is 0.0909. The minimum absolute atomic E-state index is 0.0715. The van der Waals surface area contributed by atoms with Crippen LogP contribution < -0.4 is 5.56 Å². The van der Waals surface area contributed by atoms with Gasteiger partial charge >= 0.3 is 0 Å². The Morgan fingerprint density at radius 2 is 1.86 bits per heavy atom. The van der Waals surface area contributed by atoms with Crippen LogP contribution in [-0.4, -0.2) is 26.1 Å². The molecule has 4 rings (SSSR count). The Kier molecular flexibility index (Phi) is 5.47. The van der Waals surface area contributed by atoms with E-state index in [1.807, 2.05) is 25.1 Å². The summed E-state index contributed by atoms with van der Waals surface area (Å²) >= 11 is 7.11. The van der Waals surface area contributed by atoms with Gasteiger partial charge in [-0.15, -0.1) is 0 Å². The Hall–Kier alpha value is -2.96. The monoisotopic (exact) mass is 421 g/mol. The number of aryl methyl sites for hydroxylation is 1. The van der Waals surface area contributed by atoms with E-state index in [0.29, 0.717) is 32.5 Å². The van der Waals surface area contributed by atoms with E-state index in [2.05, 4.69) is 9.97 Å². The number of fused-ring (bicyclic) bond motifs is 1. The number of rotatable bonds is 5. The highest BCUT2D eigenvalue weighted by molar-refractivity contribution is 7.99. The molecule has 0 bridgehead atoms. The predicted molar refractivity (Wildman–Crippen MR) is 116 cm³/mol. The third-order valence-corrected chi connectivity index (χ3v) is 5.56. The van der Waals surface area contributed by atoms with Crippen LogP contribution in [0.25, 0.3) is 16.7 Å². The number of ketones is 1. The molecule has 4 aromatic rings. The number of aromatic nitrogens is 3. The first-order chi connectivity index (χ1) is 14.0. The third kappa shape index (κ3) is 4.09. The summed E-state index contributed by atoms with van der Waals surface area (Å²) in [6.07, 6.45) is 1.65. The molecule has 29 heavy (non-hydrogen) atoms. The highest BCUT2D eigenvalue weighted by Gasteiger charge is 2.16. The molecule has 0 radical (unpaired) electrons. The zero-order valence-corrected chi connectivity index (χ0v) is 17.1. The van der Waals surface area contributed by atoms with Crippen LogP contribution in [0.4, 0.5) is 0 Å². The topological polar surface area (TPSA) is 64.8 Å². The van der Waals surface area contributed by atoms with Gasteiger partial charge in [-0.2, -0.15) is 0 Å². The van der Waals surface area contributed by atoms with Crippen molar-refractivity contribution >= 4 is 40.0 Å². The summed E-state index contributed by atoms with van der Waals surface area (Å²) in [6.45, 7) is 1.93. The van der Waals surface area contributed by atoms with Crippen LogP contribution in [0.3, 0.4) is 0 Å². The highest BCUT2D eigenvalue weighted by Crippen LogP contribution is 2.22. The van der Waals surface area contributed by atoms with Crippen LogP contribution in [0.5, 0.6) is 0 Å². The largest absolute Gasteiger partial charge is 0.293 e. The minimum atomic E-state index is -0.213. The molecule has 2 aromatic carbocycles. The van der Waals surface area contributed by atoms with E-state index in [0.717, 1.165) is 5.56 Å². The fourth-order valence-corrected chi connectivity index (χ4v) is 3.92. The molecule has 0 N–H and O–H groups in total. The third-order valence-electron chi connectivity index (χ3n) is 4.37. The maximum absolute atomic E-state index is 13.2. The summed E-state index contributed by atoms with van der Waals surface area (Å²) in [4.78, 5) is 34.7. The smallest absolute Gasteiger partial charge is 0.267 e. The number of hydrogen-bond donors (Lipinski definition) is 0. The Labute approximate surface area is 176 Å². The zero-order chi connectivity index (χ0) is 20.4. The maximum Gasteiger partial charge on any atom is 0.267 e. The molecule has 0 aliphatic carbocycles. The average Bonchev–Trinajstić information content (AvgIpc) is 2.72. The van der Waals surface area contributed by atoms with E-state index in [4.69, 9.17) is 11.6 Å². The number of nitrogens with zero attached hydrogens (tertiary/aromatic N) is 3. The molecule has 0 aliphatic heterocycles. The van der Waals surface area contributed by atoms with Gasteiger partial charge in [-0.3, -0.25) is 9.59 Å². The van der Waals surface area contributed by atoms with Crippen LogP contribution in [0, 0.1) is 6.92 Å². The lowest BCUT2D eigenvalue weighted by Crippen LogP contribution is -2.23. The molecule has 0 spiro atoms. The summed E-state index contributed by atoms with van der Waals surface area (Å²) in [5, 5.41) is 1.50. The van der Waals surface area contributed by atoms with Gasteiger partial charge in [0.15, 0.2) is 10.9 Å². The molecule has 5 nitrogen and oxygen atoms in total. The lowest BCUT2D eigenvalue weighted by molar-refractivity contribution is 0.102. The number of Topliss-reactive ketones (excluding diaryl/α,β-unsaturated/α-hetero) is 1. The van der Waals surface area contributed by atoms with Crippen molar-refractivity contribution in [2.75, 3.05) is 5.75 Å². The van der Waals surface area contributed by atoms with Crippen LogP contribution >= 0.6 is 23.4 Å². The van der Waals surface area contributed by atoms with Gasteiger partial charge in [-0.05, 0) is 61.0 Å². The van der Waals surface area contributed by atoms with Crippen LogP contribution in [0.15, 0.2) is 76.8 Å². The molecule has 0 aliphatic rings. The summed E-state index contributed by atoms with van der Waals surface area (Å²) in [6, 6.07) is 17.6. The number of carbonyl (C=O) groups excluding carboxylic acids is 1. The molecule has 2 heterocycles. The van der Waals surface area contributed by atoms with Gasteiger partial charge in [0, 0.05) is 16.8 Å². The van der Waals surface area contributed by atoms with Crippen molar-refractivity contribution in [3.8, 4) is 5.82 Å². The van der Waals surface area contributed by atoms with Gasteiger partial charge in [-0.25, -0.2) is 14.5 Å². The second kappa shape index (κ2) is 8.19. The Morgan fingerprint density at radius 3 is 2.62 bits per heavy atom. The number of pyridine rings is 1. The van der Waals surface area contributed by atoms with Crippen molar-refractivity contribution in [2.24, 2.45) is 0 Å². The Balaban J connectivity index is 1.76. The van der Waals surface area contributed by atoms with Gasteiger partial charge in [0.1, 0.15) is 5.82 Å². The normalized spacial score (nSPS) is 11.0. The van der Waals surface area contributed by atoms with Crippen molar-refractivity contribution in [3.63, 3.8) is 0 Å². The molecule has 2 aromatic heterocycles. The van der Waals surface area contributed by atoms with Crippen LogP contribution in [0.1, 0.15) is 15.9 Å². The van der Waals surface area contributed by atoms with E-state index >= 15 is 0 Å². The van der Waals surface area contributed by atoms with E-state index in [1.54, 1.807) is 48.7 Å². The zero-order valence-electron chi connectivity index (χ0n) is 15.5. The van der Waals surface area contributed by atoms with Gasteiger partial charge in [0.2, 0.25) is 0 Å². The van der Waals surface area contributed by atoms with Crippen molar-refractivity contribution in [1.29, 1.82) is 0 Å². The Morgan fingerprint density at radius 1 is 1.10 bits per heavy atom. The second-order valence-corrected chi connectivity index (χ2v) is 7.84.